The first kappa shape index (κ1) is 17.3. The first-order valence-electron chi connectivity index (χ1n) is 8.27. The number of para-hydroxylation sites is 2. The molecule has 0 unspecified atom stereocenters. The fourth-order valence-electron chi connectivity index (χ4n) is 2.69. The molecule has 132 valence electrons. The van der Waals surface area contributed by atoms with Gasteiger partial charge in [0.05, 0.1) is 16.0 Å². The summed E-state index contributed by atoms with van der Waals surface area (Å²) in [5.74, 6) is 0.144. The minimum absolute atomic E-state index is 0.0164. The Morgan fingerprint density at radius 3 is 2.85 bits per heavy atom. The van der Waals surface area contributed by atoms with Gasteiger partial charge in [-0.2, -0.15) is 0 Å². The zero-order valence-electron chi connectivity index (χ0n) is 14.3. The summed E-state index contributed by atoms with van der Waals surface area (Å²) in [6.07, 6.45) is 3.79. The molecule has 0 aliphatic carbocycles. The average molecular weight is 350 g/mol. The summed E-state index contributed by atoms with van der Waals surface area (Å²) >= 11 is 0. The van der Waals surface area contributed by atoms with Crippen molar-refractivity contribution in [1.82, 2.24) is 9.55 Å². The highest BCUT2D eigenvalue weighted by molar-refractivity contribution is 6.01. The van der Waals surface area contributed by atoms with E-state index >= 15 is 0 Å². The number of hydrogen-bond donors (Lipinski definition) is 1. The third-order valence-corrected chi connectivity index (χ3v) is 3.84. The van der Waals surface area contributed by atoms with Gasteiger partial charge in [0.2, 0.25) is 5.95 Å². The maximum atomic E-state index is 12.3. The number of anilines is 1. The third kappa shape index (κ3) is 3.77. The van der Waals surface area contributed by atoms with Gasteiger partial charge in [0, 0.05) is 24.8 Å². The van der Waals surface area contributed by atoms with Gasteiger partial charge in [-0.05, 0) is 30.2 Å². The smallest absolute Gasteiger partial charge is 0.270 e. The number of fused-ring (bicyclic) bond motifs is 1. The maximum absolute atomic E-state index is 12.3. The van der Waals surface area contributed by atoms with Gasteiger partial charge in [-0.1, -0.05) is 31.2 Å². The Bertz CT molecular complexity index is 991. The van der Waals surface area contributed by atoms with Gasteiger partial charge in [-0.25, -0.2) is 4.98 Å². The summed E-state index contributed by atoms with van der Waals surface area (Å²) in [6, 6.07) is 13.8. The van der Waals surface area contributed by atoms with Crippen LogP contribution in [-0.2, 0) is 11.3 Å². The Morgan fingerprint density at radius 1 is 1.27 bits per heavy atom. The minimum atomic E-state index is -0.468. The Morgan fingerprint density at radius 2 is 2.08 bits per heavy atom. The molecule has 26 heavy (non-hydrogen) atoms. The second-order valence-electron chi connectivity index (χ2n) is 5.75. The van der Waals surface area contributed by atoms with Gasteiger partial charge in [0.1, 0.15) is 0 Å². The maximum Gasteiger partial charge on any atom is 0.270 e. The zero-order valence-corrected chi connectivity index (χ0v) is 14.3. The minimum Gasteiger partial charge on any atom is -0.310 e. The highest BCUT2D eigenvalue weighted by Gasteiger charge is 2.11. The number of aryl methyl sites for hydroxylation is 1. The standard InChI is InChI=1S/C19H18N4O3/c1-2-12-22-17-9-4-3-8-16(17)20-19(22)21-18(24)11-10-14-6-5-7-15(13-14)23(25)26/h3-11,13H,2,12H2,1H3,(H,20,21,24)/b11-10+. The van der Waals surface area contributed by atoms with E-state index in [9.17, 15) is 14.9 Å². The van der Waals surface area contributed by atoms with Gasteiger partial charge in [-0.15, -0.1) is 0 Å². The largest absolute Gasteiger partial charge is 0.310 e. The first-order chi connectivity index (χ1) is 12.6. The molecule has 0 aliphatic rings. The van der Waals surface area contributed by atoms with Crippen LogP contribution in [0.3, 0.4) is 0 Å². The van der Waals surface area contributed by atoms with Crippen molar-refractivity contribution in [3.05, 3.63) is 70.3 Å². The third-order valence-electron chi connectivity index (χ3n) is 3.84. The van der Waals surface area contributed by atoms with Crippen molar-refractivity contribution in [2.24, 2.45) is 0 Å². The van der Waals surface area contributed by atoms with Crippen molar-refractivity contribution < 1.29 is 9.72 Å². The van der Waals surface area contributed by atoms with Crippen LogP contribution in [0.2, 0.25) is 0 Å². The topological polar surface area (TPSA) is 90.1 Å². The lowest BCUT2D eigenvalue weighted by molar-refractivity contribution is -0.384. The van der Waals surface area contributed by atoms with Crippen LogP contribution in [-0.4, -0.2) is 20.4 Å². The van der Waals surface area contributed by atoms with Crippen molar-refractivity contribution >= 4 is 34.7 Å². The predicted octanol–water partition coefficient (Wildman–Crippen LogP) is 4.01. The van der Waals surface area contributed by atoms with Gasteiger partial charge in [0.25, 0.3) is 11.6 Å². The molecule has 0 aliphatic heterocycles. The van der Waals surface area contributed by atoms with Crippen molar-refractivity contribution in [1.29, 1.82) is 0 Å². The second kappa shape index (κ2) is 7.60. The Labute approximate surface area is 150 Å². The molecule has 0 fully saturated rings. The number of carbonyl (C=O) groups excluding carboxylic acids is 1. The molecule has 7 nitrogen and oxygen atoms in total. The summed E-state index contributed by atoms with van der Waals surface area (Å²) in [5.41, 5.74) is 2.35. The molecule has 1 N–H and O–H groups in total. The Hall–Kier alpha value is -3.48. The van der Waals surface area contributed by atoms with Crippen LogP contribution in [0.5, 0.6) is 0 Å². The molecule has 2 aromatic carbocycles. The molecule has 3 aromatic rings. The normalized spacial score (nSPS) is 11.1. The van der Waals surface area contributed by atoms with E-state index in [0.717, 1.165) is 24.0 Å². The van der Waals surface area contributed by atoms with E-state index in [2.05, 4.69) is 17.2 Å². The van der Waals surface area contributed by atoms with E-state index in [-0.39, 0.29) is 11.6 Å². The predicted molar refractivity (Wildman–Crippen MR) is 101 cm³/mol. The SMILES string of the molecule is CCCn1c(NC(=O)/C=C/c2cccc([N+](=O)[O-])c2)nc2ccccc21. The second-order valence-corrected chi connectivity index (χ2v) is 5.75. The molecule has 0 atom stereocenters. The summed E-state index contributed by atoms with van der Waals surface area (Å²) in [7, 11) is 0. The van der Waals surface area contributed by atoms with Crippen LogP contribution < -0.4 is 5.32 Å². The lowest BCUT2D eigenvalue weighted by Gasteiger charge is -2.07. The van der Waals surface area contributed by atoms with E-state index in [4.69, 9.17) is 0 Å². The number of nitro benzene ring substituents is 1. The number of amides is 1. The monoisotopic (exact) mass is 350 g/mol. The number of imidazole rings is 1. The van der Waals surface area contributed by atoms with Crippen molar-refractivity contribution in [2.75, 3.05) is 5.32 Å². The average Bonchev–Trinajstić information content (AvgIpc) is 2.98. The molecule has 0 bridgehead atoms. The van der Waals surface area contributed by atoms with Crippen molar-refractivity contribution in [2.45, 2.75) is 19.9 Å². The molecule has 1 aromatic heterocycles. The number of carbonyl (C=O) groups is 1. The van der Waals surface area contributed by atoms with Crippen LogP contribution in [0.15, 0.2) is 54.6 Å². The van der Waals surface area contributed by atoms with Gasteiger partial charge >= 0.3 is 0 Å². The van der Waals surface area contributed by atoms with Crippen molar-refractivity contribution in [3.8, 4) is 0 Å². The van der Waals surface area contributed by atoms with E-state index in [1.807, 2.05) is 28.8 Å². The fourth-order valence-corrected chi connectivity index (χ4v) is 2.69. The fraction of sp³-hybridized carbons (Fsp3) is 0.158. The van der Waals surface area contributed by atoms with Gasteiger partial charge < -0.3 is 4.57 Å². The molecular formula is C19H18N4O3. The lowest BCUT2D eigenvalue weighted by Crippen LogP contribution is -2.13. The summed E-state index contributed by atoms with van der Waals surface area (Å²) in [5, 5.41) is 13.6. The summed E-state index contributed by atoms with van der Waals surface area (Å²) in [6.45, 7) is 2.80. The van der Waals surface area contributed by atoms with Gasteiger partial charge in [0.15, 0.2) is 0 Å². The number of non-ortho nitro benzene ring substituents is 1. The molecule has 1 amide bonds. The molecule has 7 heteroatoms. The molecule has 3 rings (SSSR count). The summed E-state index contributed by atoms with van der Waals surface area (Å²) < 4.78 is 1.97. The highest BCUT2D eigenvalue weighted by atomic mass is 16.6. The zero-order chi connectivity index (χ0) is 18.5. The molecule has 0 spiro atoms. The van der Waals surface area contributed by atoms with Crippen LogP contribution in [0.4, 0.5) is 11.6 Å². The van der Waals surface area contributed by atoms with Crippen molar-refractivity contribution in [3.63, 3.8) is 0 Å². The van der Waals surface area contributed by atoms with Crippen LogP contribution in [0.1, 0.15) is 18.9 Å². The first-order valence-corrected chi connectivity index (χ1v) is 8.27. The number of nitrogens with zero attached hydrogens (tertiary/aromatic N) is 3. The van der Waals surface area contributed by atoms with E-state index in [1.54, 1.807) is 12.1 Å². The quantitative estimate of drug-likeness (QED) is 0.413. The molecule has 1 heterocycles. The molecule has 0 saturated carbocycles. The number of nitro groups is 1. The van der Waals surface area contributed by atoms with Gasteiger partial charge in [-0.3, -0.25) is 20.2 Å². The highest BCUT2D eigenvalue weighted by Crippen LogP contribution is 2.20. The Balaban J connectivity index is 1.80. The molecule has 0 saturated heterocycles. The van der Waals surface area contributed by atoms with E-state index < -0.39 is 4.92 Å². The molecular weight excluding hydrogens is 332 g/mol. The number of hydrogen-bond acceptors (Lipinski definition) is 4. The lowest BCUT2D eigenvalue weighted by atomic mass is 10.2. The van der Waals surface area contributed by atoms with Crippen LogP contribution in [0.25, 0.3) is 17.1 Å². The number of nitrogens with one attached hydrogen (secondary N) is 1. The van der Waals surface area contributed by atoms with E-state index in [1.165, 1.54) is 24.3 Å². The Kier molecular flexibility index (Phi) is 5.07. The molecule has 0 radical (unpaired) electrons. The number of benzene rings is 2. The summed E-state index contributed by atoms with van der Waals surface area (Å²) in [4.78, 5) is 27.1. The van der Waals surface area contributed by atoms with E-state index in [0.29, 0.717) is 11.5 Å². The number of aromatic nitrogens is 2. The van der Waals surface area contributed by atoms with Crippen LogP contribution >= 0.6 is 0 Å². The number of rotatable bonds is 6. The van der Waals surface area contributed by atoms with Crippen LogP contribution in [0, 0.1) is 10.1 Å².